The number of aliphatic hydroxyl groups is 5. The van der Waals surface area contributed by atoms with Crippen LogP contribution in [-0.2, 0) is 28.6 Å². The lowest BCUT2D eigenvalue weighted by Crippen LogP contribution is -2.61. The summed E-state index contributed by atoms with van der Waals surface area (Å²) in [6.45, 7) is 5.62. The van der Waals surface area contributed by atoms with Crippen LogP contribution >= 0.6 is 0 Å². The molecule has 3 aliphatic rings. The molecule has 0 radical (unpaired) electrons. The molecule has 7 N–H and O–H groups in total. The third kappa shape index (κ3) is 8.37. The summed E-state index contributed by atoms with van der Waals surface area (Å²) < 4.78 is 17.2. The lowest BCUT2D eigenvalue weighted by Gasteiger charge is -2.45. The standard InChI is InChI=1S/C29H44O13/c1-4-13(2)28(39)41-20-12-18(40-29-25(36)23(34)24(35)26(42-29)27(37)38)9-15-6-5-14(3)19(22(15)20)8-7-16(30)10-17(31)11-21(32)33/h5-6,9,13-14,16-20,22-26,29-31,34-36H,4,7-8,10-12H2,1-3H3,(H,32,33)(H,37,38)/t13-,14-,16+,17+,18+,19-,20-,22-,23?,24?,25?,26?,29?/m0/s1. The van der Waals surface area contributed by atoms with Crippen molar-refractivity contribution in [2.75, 3.05) is 0 Å². The highest BCUT2D eigenvalue weighted by Crippen LogP contribution is 2.45. The van der Waals surface area contributed by atoms with Gasteiger partial charge in [-0.2, -0.15) is 0 Å². The zero-order valence-corrected chi connectivity index (χ0v) is 24.1. The number of esters is 1. The Morgan fingerprint density at radius 3 is 2.38 bits per heavy atom. The van der Waals surface area contributed by atoms with Crippen molar-refractivity contribution < 1.29 is 64.3 Å². The lowest BCUT2D eigenvalue weighted by atomic mass is 9.66. The van der Waals surface area contributed by atoms with E-state index in [9.17, 15) is 45.0 Å². The first-order chi connectivity index (χ1) is 19.7. The molecule has 1 fully saturated rings. The number of hydrogen-bond donors (Lipinski definition) is 7. The maximum absolute atomic E-state index is 12.9. The highest BCUT2D eigenvalue weighted by Gasteiger charge is 2.49. The van der Waals surface area contributed by atoms with Gasteiger partial charge in [0.2, 0.25) is 0 Å². The number of carboxylic acids is 2. The van der Waals surface area contributed by atoms with Crippen molar-refractivity contribution >= 4 is 17.9 Å². The summed E-state index contributed by atoms with van der Waals surface area (Å²) in [6.07, 6.45) is -5.88. The summed E-state index contributed by atoms with van der Waals surface area (Å²) in [5, 5.41) is 69.3. The van der Waals surface area contributed by atoms with Gasteiger partial charge in [-0.3, -0.25) is 9.59 Å². The first kappa shape index (κ1) is 34.1. The van der Waals surface area contributed by atoms with Gasteiger partial charge >= 0.3 is 17.9 Å². The molecule has 0 aromatic rings. The van der Waals surface area contributed by atoms with Gasteiger partial charge in [0, 0.05) is 12.3 Å². The molecule has 2 aliphatic carbocycles. The van der Waals surface area contributed by atoms with E-state index in [-0.39, 0.29) is 42.9 Å². The molecule has 0 saturated carbocycles. The van der Waals surface area contributed by atoms with Crippen LogP contribution in [0.4, 0.5) is 0 Å². The zero-order chi connectivity index (χ0) is 31.3. The second-order valence-electron chi connectivity index (χ2n) is 11.7. The molecule has 0 aromatic carbocycles. The number of carboxylic acid groups (broad SMARTS) is 2. The van der Waals surface area contributed by atoms with Gasteiger partial charge in [0.15, 0.2) is 12.4 Å². The van der Waals surface area contributed by atoms with Crippen LogP contribution in [0.5, 0.6) is 0 Å². The fraction of sp³-hybridized carbons (Fsp3) is 0.759. The third-order valence-electron chi connectivity index (χ3n) is 8.55. The van der Waals surface area contributed by atoms with Crippen molar-refractivity contribution in [3.8, 4) is 0 Å². The molecule has 13 nitrogen and oxygen atoms in total. The Bertz CT molecular complexity index is 1010. The van der Waals surface area contributed by atoms with Gasteiger partial charge in [-0.05, 0) is 43.1 Å². The maximum atomic E-state index is 12.9. The van der Waals surface area contributed by atoms with Gasteiger partial charge in [-0.15, -0.1) is 0 Å². The minimum absolute atomic E-state index is 0.0296. The molecule has 3 rings (SSSR count). The van der Waals surface area contributed by atoms with Crippen molar-refractivity contribution in [3.63, 3.8) is 0 Å². The number of fused-ring (bicyclic) bond motifs is 1. The maximum Gasteiger partial charge on any atom is 0.335 e. The average molecular weight is 601 g/mol. The Hall–Kier alpha value is -2.39. The van der Waals surface area contributed by atoms with E-state index in [1.165, 1.54) is 0 Å². The molecule has 0 amide bonds. The van der Waals surface area contributed by atoms with Crippen LogP contribution in [0.2, 0.25) is 0 Å². The Labute approximate surface area is 244 Å². The molecule has 5 unspecified atom stereocenters. The molecule has 1 saturated heterocycles. The molecule has 238 valence electrons. The summed E-state index contributed by atoms with van der Waals surface area (Å²) >= 11 is 0. The first-order valence-corrected chi connectivity index (χ1v) is 14.5. The largest absolute Gasteiger partial charge is 0.481 e. The third-order valence-corrected chi connectivity index (χ3v) is 8.55. The minimum atomic E-state index is -1.86. The van der Waals surface area contributed by atoms with E-state index in [0.717, 1.165) is 5.57 Å². The van der Waals surface area contributed by atoms with E-state index >= 15 is 0 Å². The van der Waals surface area contributed by atoms with Crippen LogP contribution in [-0.4, -0.2) is 109 Å². The lowest BCUT2D eigenvalue weighted by molar-refractivity contribution is -0.302. The van der Waals surface area contributed by atoms with E-state index in [0.29, 0.717) is 12.8 Å². The van der Waals surface area contributed by atoms with E-state index in [1.807, 2.05) is 26.0 Å². The smallest absolute Gasteiger partial charge is 0.335 e. The summed E-state index contributed by atoms with van der Waals surface area (Å²) in [7, 11) is 0. The predicted molar refractivity (Wildman–Crippen MR) is 145 cm³/mol. The first-order valence-electron chi connectivity index (χ1n) is 14.5. The Balaban J connectivity index is 1.82. The van der Waals surface area contributed by atoms with Crippen LogP contribution in [0.15, 0.2) is 23.8 Å². The number of rotatable bonds is 13. The highest BCUT2D eigenvalue weighted by atomic mass is 16.7. The van der Waals surface area contributed by atoms with E-state index < -0.39 is 79.5 Å². The molecule has 1 aliphatic heterocycles. The van der Waals surface area contributed by atoms with Crippen LogP contribution in [0.1, 0.15) is 59.3 Å². The predicted octanol–water partition coefficient (Wildman–Crippen LogP) is 0.357. The summed E-state index contributed by atoms with van der Waals surface area (Å²) in [5.74, 6) is -3.81. The summed E-state index contributed by atoms with van der Waals surface area (Å²) in [6, 6.07) is 0. The molecule has 0 aromatic heterocycles. The molecule has 13 atom stereocenters. The number of aliphatic carboxylic acids is 2. The monoisotopic (exact) mass is 600 g/mol. The average Bonchev–Trinajstić information content (AvgIpc) is 2.91. The van der Waals surface area contributed by atoms with Crippen LogP contribution in [0.25, 0.3) is 0 Å². The van der Waals surface area contributed by atoms with Gasteiger partial charge in [-0.25, -0.2) is 4.79 Å². The van der Waals surface area contributed by atoms with E-state index in [1.54, 1.807) is 13.0 Å². The molecule has 0 bridgehead atoms. The van der Waals surface area contributed by atoms with Crippen molar-refractivity contribution in [3.05, 3.63) is 23.8 Å². The van der Waals surface area contributed by atoms with Crippen LogP contribution < -0.4 is 0 Å². The molecule has 0 spiro atoms. The topological polar surface area (TPSA) is 221 Å². The molecule has 13 heteroatoms. The van der Waals surface area contributed by atoms with Crippen molar-refractivity contribution in [1.82, 2.24) is 0 Å². The second-order valence-corrected chi connectivity index (χ2v) is 11.7. The van der Waals surface area contributed by atoms with Gasteiger partial charge in [0.1, 0.15) is 24.4 Å². The normalized spacial score (nSPS) is 36.7. The SMILES string of the molecule is CC[C@H](C)C(=O)O[C@H]1C[C@H](OC2OC(C(=O)O)C(O)C(O)C2O)C=C2C=C[C@H](C)[C@H](CC[C@@H](O)C[C@@H](O)CC(=O)O)[C@H]21. The number of carbonyl (C=O) groups excluding carboxylic acids is 1. The molecule has 42 heavy (non-hydrogen) atoms. The van der Waals surface area contributed by atoms with Gasteiger partial charge < -0.3 is 50.0 Å². The van der Waals surface area contributed by atoms with Gasteiger partial charge in [0.25, 0.3) is 0 Å². The van der Waals surface area contributed by atoms with Crippen LogP contribution in [0, 0.1) is 23.7 Å². The quantitative estimate of drug-likeness (QED) is 0.142. The Morgan fingerprint density at radius 1 is 1.07 bits per heavy atom. The zero-order valence-electron chi connectivity index (χ0n) is 24.1. The molecule has 1 heterocycles. The second kappa shape index (κ2) is 14.9. The van der Waals surface area contributed by atoms with Crippen molar-refractivity contribution in [1.29, 1.82) is 0 Å². The molecular formula is C29H44O13. The summed E-state index contributed by atoms with van der Waals surface area (Å²) in [4.78, 5) is 35.3. The number of hydrogen-bond acceptors (Lipinski definition) is 11. The van der Waals surface area contributed by atoms with E-state index in [2.05, 4.69) is 0 Å². The van der Waals surface area contributed by atoms with Crippen LogP contribution in [0.3, 0.4) is 0 Å². The number of aliphatic hydroxyl groups excluding tert-OH is 5. The fourth-order valence-corrected chi connectivity index (χ4v) is 5.94. The molecular weight excluding hydrogens is 556 g/mol. The fourth-order valence-electron chi connectivity index (χ4n) is 5.94. The Morgan fingerprint density at radius 2 is 1.76 bits per heavy atom. The Kier molecular flexibility index (Phi) is 12.1. The van der Waals surface area contributed by atoms with Gasteiger partial charge in [-0.1, -0.05) is 39.0 Å². The van der Waals surface area contributed by atoms with Crippen molar-refractivity contribution in [2.24, 2.45) is 23.7 Å². The number of allylic oxidation sites excluding steroid dienone is 2. The van der Waals surface area contributed by atoms with Gasteiger partial charge in [0.05, 0.1) is 30.7 Å². The highest BCUT2D eigenvalue weighted by molar-refractivity contribution is 5.73. The number of carbonyl (C=O) groups is 3. The van der Waals surface area contributed by atoms with E-state index in [4.69, 9.17) is 19.3 Å². The number of ether oxygens (including phenoxy) is 3. The van der Waals surface area contributed by atoms with Crippen molar-refractivity contribution in [2.45, 2.75) is 114 Å². The minimum Gasteiger partial charge on any atom is -0.481 e. The summed E-state index contributed by atoms with van der Waals surface area (Å²) in [5.41, 5.74) is 0.775.